The SMILES string of the molecule is Cc1c(C)n(CC(C)C)c2c(OCc3ccc(F)cc3)nccc12.O=[N+]([O-])O. The summed E-state index contributed by atoms with van der Waals surface area (Å²) >= 11 is 0. The molecule has 0 saturated carbocycles. The number of ether oxygens (including phenoxy) is 1. The van der Waals surface area contributed by atoms with Crippen molar-refractivity contribution in [2.45, 2.75) is 40.8 Å². The number of nitrogens with zero attached hydrogens (tertiary/aromatic N) is 3. The fourth-order valence-corrected chi connectivity index (χ4v) is 2.99. The molecule has 1 N–H and O–H groups in total. The van der Waals surface area contributed by atoms with Crippen LogP contribution in [0.3, 0.4) is 0 Å². The van der Waals surface area contributed by atoms with Crippen molar-refractivity contribution >= 4 is 10.9 Å². The van der Waals surface area contributed by atoms with E-state index in [4.69, 9.17) is 20.1 Å². The molecule has 0 fully saturated rings. The van der Waals surface area contributed by atoms with E-state index >= 15 is 0 Å². The van der Waals surface area contributed by atoms with Crippen LogP contribution in [-0.2, 0) is 13.2 Å². The maximum absolute atomic E-state index is 13.0. The molecule has 0 radical (unpaired) electrons. The highest BCUT2D eigenvalue weighted by Crippen LogP contribution is 2.31. The fourth-order valence-electron chi connectivity index (χ4n) is 2.99. The highest BCUT2D eigenvalue weighted by atomic mass is 19.1. The molecular formula is C20H24FN3O4. The molecule has 0 aliphatic heterocycles. The molecule has 2 heterocycles. The topological polar surface area (TPSA) is 90.4 Å². The maximum atomic E-state index is 13.0. The molecule has 2 aromatic heterocycles. The summed E-state index contributed by atoms with van der Waals surface area (Å²) in [6.07, 6.45) is 1.79. The third kappa shape index (κ3) is 5.18. The second-order valence-corrected chi connectivity index (χ2v) is 6.88. The molecule has 1 aromatic carbocycles. The predicted octanol–water partition coefficient (Wildman–Crippen LogP) is 4.68. The van der Waals surface area contributed by atoms with Crippen LogP contribution in [0.4, 0.5) is 4.39 Å². The lowest BCUT2D eigenvalue weighted by molar-refractivity contribution is -0.742. The first-order valence-corrected chi connectivity index (χ1v) is 8.85. The molecule has 0 unspecified atom stereocenters. The van der Waals surface area contributed by atoms with Gasteiger partial charge in [-0.15, -0.1) is 10.1 Å². The van der Waals surface area contributed by atoms with Crippen molar-refractivity contribution < 1.29 is 19.4 Å². The van der Waals surface area contributed by atoms with Gasteiger partial charge in [0.2, 0.25) is 5.88 Å². The van der Waals surface area contributed by atoms with Crippen molar-refractivity contribution in [2.24, 2.45) is 5.92 Å². The minimum Gasteiger partial charge on any atom is -0.471 e. The molecule has 0 aliphatic carbocycles. The van der Waals surface area contributed by atoms with E-state index in [0.29, 0.717) is 18.4 Å². The lowest BCUT2D eigenvalue weighted by Crippen LogP contribution is -2.08. The Balaban J connectivity index is 0.000000640. The number of hydrogen-bond acceptors (Lipinski definition) is 4. The van der Waals surface area contributed by atoms with E-state index in [1.165, 1.54) is 28.8 Å². The van der Waals surface area contributed by atoms with Gasteiger partial charge >= 0.3 is 0 Å². The van der Waals surface area contributed by atoms with Gasteiger partial charge in [-0.2, -0.15) is 0 Å². The molecule has 0 bridgehead atoms. The molecule has 3 rings (SSSR count). The summed E-state index contributed by atoms with van der Waals surface area (Å²) in [7, 11) is 0. The fraction of sp³-hybridized carbons (Fsp3) is 0.350. The minimum absolute atomic E-state index is 0.240. The Kier molecular flexibility index (Phi) is 6.92. The molecule has 8 heteroatoms. The van der Waals surface area contributed by atoms with E-state index in [9.17, 15) is 4.39 Å². The summed E-state index contributed by atoms with van der Waals surface area (Å²) in [6, 6.07) is 8.41. The number of benzene rings is 1. The smallest absolute Gasteiger partial charge is 0.291 e. The largest absolute Gasteiger partial charge is 0.471 e. The van der Waals surface area contributed by atoms with Gasteiger partial charge in [-0.25, -0.2) is 9.37 Å². The van der Waals surface area contributed by atoms with Gasteiger partial charge in [0, 0.05) is 23.8 Å². The predicted molar refractivity (Wildman–Crippen MR) is 104 cm³/mol. The van der Waals surface area contributed by atoms with Gasteiger partial charge in [-0.05, 0) is 49.1 Å². The molecule has 7 nitrogen and oxygen atoms in total. The second kappa shape index (κ2) is 9.16. The zero-order valence-corrected chi connectivity index (χ0v) is 16.3. The number of hydrogen-bond donors (Lipinski definition) is 1. The normalized spacial score (nSPS) is 10.6. The van der Waals surface area contributed by atoms with Crippen LogP contribution in [0.1, 0.15) is 30.7 Å². The van der Waals surface area contributed by atoms with E-state index in [2.05, 4.69) is 37.2 Å². The number of aryl methyl sites for hydroxylation is 1. The standard InChI is InChI=1S/C20H23FN2O.HNO3/c1-13(2)11-23-15(4)14(3)18-9-10-22-20(19(18)23)24-12-16-5-7-17(21)8-6-16;2-1(3)4/h5-10,13H,11-12H2,1-4H3;(H,2,3,4). The van der Waals surface area contributed by atoms with Gasteiger partial charge in [0.25, 0.3) is 5.09 Å². The van der Waals surface area contributed by atoms with E-state index in [1.807, 2.05) is 6.07 Å². The summed E-state index contributed by atoms with van der Waals surface area (Å²) in [5.74, 6) is 0.925. The molecule has 0 aliphatic rings. The molecule has 150 valence electrons. The highest BCUT2D eigenvalue weighted by Gasteiger charge is 2.17. The molecule has 0 atom stereocenters. The van der Waals surface area contributed by atoms with Gasteiger partial charge in [0.1, 0.15) is 17.9 Å². The second-order valence-electron chi connectivity index (χ2n) is 6.88. The minimum atomic E-state index is -1.50. The van der Waals surface area contributed by atoms with Crippen molar-refractivity contribution in [1.29, 1.82) is 0 Å². The lowest BCUT2D eigenvalue weighted by atomic mass is 10.2. The quantitative estimate of drug-likeness (QED) is 0.505. The lowest BCUT2D eigenvalue weighted by Gasteiger charge is -2.13. The third-order valence-electron chi connectivity index (χ3n) is 4.35. The van der Waals surface area contributed by atoms with Crippen LogP contribution < -0.4 is 4.74 Å². The van der Waals surface area contributed by atoms with Crippen molar-refractivity contribution in [3.8, 4) is 5.88 Å². The van der Waals surface area contributed by atoms with Gasteiger partial charge in [-0.1, -0.05) is 26.0 Å². The van der Waals surface area contributed by atoms with Crippen molar-refractivity contribution in [3.05, 3.63) is 69.3 Å². The van der Waals surface area contributed by atoms with Gasteiger partial charge in [0.15, 0.2) is 0 Å². The van der Waals surface area contributed by atoms with Crippen molar-refractivity contribution in [3.63, 3.8) is 0 Å². The Morgan fingerprint density at radius 1 is 1.25 bits per heavy atom. The molecule has 3 aromatic rings. The van der Waals surface area contributed by atoms with Crippen LogP contribution >= 0.6 is 0 Å². The first kappa shape index (κ1) is 21.1. The molecular weight excluding hydrogens is 365 g/mol. The summed E-state index contributed by atoms with van der Waals surface area (Å²) in [4.78, 5) is 12.8. The number of pyridine rings is 1. The average Bonchev–Trinajstić information content (AvgIpc) is 2.86. The first-order valence-electron chi connectivity index (χ1n) is 8.85. The zero-order chi connectivity index (χ0) is 20.8. The Labute approximate surface area is 162 Å². The molecule has 28 heavy (non-hydrogen) atoms. The van der Waals surface area contributed by atoms with Gasteiger partial charge in [-0.3, -0.25) is 0 Å². The van der Waals surface area contributed by atoms with Gasteiger partial charge in [0.05, 0.1) is 0 Å². The molecule has 0 spiro atoms. The Morgan fingerprint density at radius 2 is 1.86 bits per heavy atom. The number of fused-ring (bicyclic) bond motifs is 1. The summed E-state index contributed by atoms with van der Waals surface area (Å²) in [5.41, 5.74) is 4.48. The van der Waals surface area contributed by atoms with Crippen LogP contribution in [0.2, 0.25) is 0 Å². The summed E-state index contributed by atoms with van der Waals surface area (Å²) in [6.45, 7) is 9.98. The molecule has 0 amide bonds. The third-order valence-corrected chi connectivity index (χ3v) is 4.35. The van der Waals surface area contributed by atoms with Crippen LogP contribution in [0, 0.1) is 35.7 Å². The summed E-state index contributed by atoms with van der Waals surface area (Å²) < 4.78 is 21.3. The highest BCUT2D eigenvalue weighted by molar-refractivity contribution is 5.88. The van der Waals surface area contributed by atoms with Crippen LogP contribution in [0.15, 0.2) is 36.5 Å². The first-order chi connectivity index (χ1) is 13.2. The Morgan fingerprint density at radius 3 is 2.43 bits per heavy atom. The number of aromatic nitrogens is 2. The van der Waals surface area contributed by atoms with Crippen LogP contribution in [0.25, 0.3) is 10.9 Å². The van der Waals surface area contributed by atoms with E-state index in [1.54, 1.807) is 18.3 Å². The number of rotatable bonds is 5. The zero-order valence-electron chi connectivity index (χ0n) is 16.3. The number of halogens is 1. The van der Waals surface area contributed by atoms with E-state index < -0.39 is 5.09 Å². The molecule has 0 saturated heterocycles. The van der Waals surface area contributed by atoms with E-state index in [0.717, 1.165) is 17.6 Å². The van der Waals surface area contributed by atoms with Crippen molar-refractivity contribution in [1.82, 2.24) is 9.55 Å². The van der Waals surface area contributed by atoms with Crippen molar-refractivity contribution in [2.75, 3.05) is 0 Å². The Hall–Kier alpha value is -3.16. The van der Waals surface area contributed by atoms with Crippen LogP contribution in [0.5, 0.6) is 5.88 Å². The monoisotopic (exact) mass is 389 g/mol. The average molecular weight is 389 g/mol. The van der Waals surface area contributed by atoms with Gasteiger partial charge < -0.3 is 14.5 Å². The van der Waals surface area contributed by atoms with E-state index in [-0.39, 0.29) is 5.82 Å². The maximum Gasteiger partial charge on any atom is 0.291 e. The Bertz CT molecular complexity index is 948. The summed E-state index contributed by atoms with van der Waals surface area (Å²) in [5, 5.41) is 14.8. The van der Waals surface area contributed by atoms with Crippen LogP contribution in [-0.4, -0.2) is 19.8 Å².